The Morgan fingerprint density at radius 3 is 2.62 bits per heavy atom. The van der Waals surface area contributed by atoms with Crippen molar-refractivity contribution in [2.24, 2.45) is 5.73 Å². The second-order valence-corrected chi connectivity index (χ2v) is 4.20. The summed E-state index contributed by atoms with van der Waals surface area (Å²) in [6.07, 6.45) is 0. The fraction of sp³-hybridized carbons (Fsp3) is 0.200. The number of benzene rings is 1. The van der Waals surface area contributed by atoms with Gasteiger partial charge in [0, 0.05) is 11.5 Å². The Kier molecular flexibility index (Phi) is 3.89. The molecule has 6 heteroatoms. The van der Waals surface area contributed by atoms with E-state index in [4.69, 9.17) is 5.73 Å². The summed E-state index contributed by atoms with van der Waals surface area (Å²) in [5.41, 5.74) is 5.10. The Labute approximate surface area is 101 Å². The van der Waals surface area contributed by atoms with Crippen molar-refractivity contribution < 1.29 is 14.7 Å². The van der Waals surface area contributed by atoms with Gasteiger partial charge >= 0.3 is 0 Å². The molecule has 1 aromatic carbocycles. The van der Waals surface area contributed by atoms with E-state index < -0.39 is 11.8 Å². The number of phenolic OH excluding ortho intramolecular Hbond substituents is 1. The van der Waals surface area contributed by atoms with E-state index in [1.165, 1.54) is 19.2 Å². The van der Waals surface area contributed by atoms with Crippen molar-refractivity contribution in [1.29, 1.82) is 0 Å². The molecule has 0 radical (unpaired) electrons. The van der Waals surface area contributed by atoms with E-state index in [0.717, 1.165) is 4.90 Å². The van der Waals surface area contributed by atoms with E-state index in [1.807, 2.05) is 0 Å². The van der Waals surface area contributed by atoms with Gasteiger partial charge in [-0.3, -0.25) is 9.59 Å². The van der Waals surface area contributed by atoms with Gasteiger partial charge in [0.05, 0.1) is 12.1 Å². The minimum absolute atomic E-state index is 0.131. The summed E-state index contributed by atoms with van der Waals surface area (Å²) in [6.45, 7) is -0.186. The monoisotopic (exact) mass is 286 g/mol. The topological polar surface area (TPSA) is 83.6 Å². The fourth-order valence-corrected chi connectivity index (χ4v) is 1.55. The van der Waals surface area contributed by atoms with Crippen molar-refractivity contribution in [1.82, 2.24) is 4.90 Å². The number of carbonyl (C=O) groups is 2. The molecule has 5 nitrogen and oxygen atoms in total. The first-order chi connectivity index (χ1) is 7.41. The molecule has 0 fully saturated rings. The molecule has 0 unspecified atom stereocenters. The quantitative estimate of drug-likeness (QED) is 0.858. The number of likely N-dealkylation sites (N-methyl/N-ethyl adjacent to an activating group) is 1. The Morgan fingerprint density at radius 1 is 1.50 bits per heavy atom. The lowest BCUT2D eigenvalue weighted by atomic mass is 10.2. The zero-order chi connectivity index (χ0) is 12.3. The Morgan fingerprint density at radius 2 is 2.12 bits per heavy atom. The molecule has 0 heterocycles. The van der Waals surface area contributed by atoms with Gasteiger partial charge in [0.2, 0.25) is 5.91 Å². The number of primary amides is 1. The third kappa shape index (κ3) is 2.96. The molecule has 0 atom stereocenters. The van der Waals surface area contributed by atoms with Gasteiger partial charge < -0.3 is 15.7 Å². The van der Waals surface area contributed by atoms with Gasteiger partial charge in [0.25, 0.3) is 5.91 Å². The van der Waals surface area contributed by atoms with Crippen molar-refractivity contribution in [3.63, 3.8) is 0 Å². The number of carbonyl (C=O) groups excluding carboxylic acids is 2. The Hall–Kier alpha value is -1.56. The number of aromatic hydroxyl groups is 1. The maximum absolute atomic E-state index is 11.8. The summed E-state index contributed by atoms with van der Waals surface area (Å²) in [6, 6.07) is 4.51. The van der Waals surface area contributed by atoms with Gasteiger partial charge in [-0.25, -0.2) is 0 Å². The van der Waals surface area contributed by atoms with Gasteiger partial charge in [-0.15, -0.1) is 0 Å². The summed E-state index contributed by atoms with van der Waals surface area (Å²) in [7, 11) is 1.44. The summed E-state index contributed by atoms with van der Waals surface area (Å²) >= 11 is 3.16. The number of nitrogens with two attached hydrogens (primary N) is 1. The molecular formula is C10H11BrN2O3. The van der Waals surface area contributed by atoms with Crippen LogP contribution in [0.2, 0.25) is 0 Å². The van der Waals surface area contributed by atoms with Crippen LogP contribution < -0.4 is 5.73 Å². The molecule has 0 aliphatic heterocycles. The van der Waals surface area contributed by atoms with Gasteiger partial charge in [0.1, 0.15) is 5.75 Å². The maximum Gasteiger partial charge on any atom is 0.257 e. The Bertz CT molecular complexity index is 434. The van der Waals surface area contributed by atoms with E-state index in [9.17, 15) is 14.7 Å². The lowest BCUT2D eigenvalue weighted by molar-refractivity contribution is -0.118. The zero-order valence-electron chi connectivity index (χ0n) is 8.61. The van der Waals surface area contributed by atoms with Crippen molar-refractivity contribution >= 4 is 27.7 Å². The van der Waals surface area contributed by atoms with Crippen LogP contribution in [0.4, 0.5) is 0 Å². The number of amides is 2. The largest absolute Gasteiger partial charge is 0.507 e. The number of hydrogen-bond acceptors (Lipinski definition) is 3. The predicted octanol–water partition coefficient (Wildman–Crippen LogP) is 0.712. The molecule has 86 valence electrons. The summed E-state index contributed by atoms with van der Waals surface area (Å²) in [5.74, 6) is -1.20. The van der Waals surface area contributed by atoms with Crippen molar-refractivity contribution in [2.75, 3.05) is 13.6 Å². The zero-order valence-corrected chi connectivity index (χ0v) is 10.2. The minimum Gasteiger partial charge on any atom is -0.507 e. The molecule has 0 aliphatic rings. The van der Waals surface area contributed by atoms with Crippen LogP contribution in [0.1, 0.15) is 10.4 Å². The summed E-state index contributed by atoms with van der Waals surface area (Å²) in [5, 5.41) is 9.55. The van der Waals surface area contributed by atoms with Crippen LogP contribution >= 0.6 is 15.9 Å². The van der Waals surface area contributed by atoms with Crippen molar-refractivity contribution in [3.8, 4) is 5.75 Å². The summed E-state index contributed by atoms with van der Waals surface area (Å²) < 4.78 is 0.666. The average molecular weight is 287 g/mol. The lowest BCUT2D eigenvalue weighted by Gasteiger charge is -2.15. The van der Waals surface area contributed by atoms with Crippen molar-refractivity contribution in [2.45, 2.75) is 0 Å². The SMILES string of the molecule is CN(CC(N)=O)C(=O)c1ccc(Br)cc1O. The van der Waals surface area contributed by atoms with E-state index >= 15 is 0 Å². The van der Waals surface area contributed by atoms with Crippen LogP contribution in [-0.4, -0.2) is 35.4 Å². The third-order valence-corrected chi connectivity index (χ3v) is 2.42. The van der Waals surface area contributed by atoms with Crippen LogP contribution in [0.3, 0.4) is 0 Å². The normalized spacial score (nSPS) is 9.88. The van der Waals surface area contributed by atoms with Gasteiger partial charge in [-0.05, 0) is 18.2 Å². The van der Waals surface area contributed by atoms with Crippen molar-refractivity contribution in [3.05, 3.63) is 28.2 Å². The van der Waals surface area contributed by atoms with Crippen LogP contribution in [0.25, 0.3) is 0 Å². The van der Waals surface area contributed by atoms with Gasteiger partial charge in [-0.1, -0.05) is 15.9 Å². The molecule has 3 N–H and O–H groups in total. The molecule has 0 spiro atoms. The third-order valence-electron chi connectivity index (χ3n) is 1.93. The highest BCUT2D eigenvalue weighted by molar-refractivity contribution is 9.10. The molecule has 16 heavy (non-hydrogen) atoms. The van der Waals surface area contributed by atoms with Gasteiger partial charge in [-0.2, -0.15) is 0 Å². The van der Waals surface area contributed by atoms with E-state index in [2.05, 4.69) is 15.9 Å². The molecule has 2 amide bonds. The molecule has 0 aromatic heterocycles. The number of rotatable bonds is 3. The van der Waals surface area contributed by atoms with E-state index in [1.54, 1.807) is 6.07 Å². The first-order valence-corrected chi connectivity index (χ1v) is 5.23. The molecule has 0 aliphatic carbocycles. The highest BCUT2D eigenvalue weighted by atomic mass is 79.9. The van der Waals surface area contributed by atoms with E-state index in [0.29, 0.717) is 4.47 Å². The number of halogens is 1. The molecule has 0 saturated carbocycles. The summed E-state index contributed by atoms with van der Waals surface area (Å²) in [4.78, 5) is 23.5. The molecule has 1 aromatic rings. The predicted molar refractivity (Wildman–Crippen MR) is 62.0 cm³/mol. The van der Waals surface area contributed by atoms with Gasteiger partial charge in [0.15, 0.2) is 0 Å². The first kappa shape index (κ1) is 12.5. The van der Waals surface area contributed by atoms with Crippen LogP contribution in [-0.2, 0) is 4.79 Å². The molecule has 1 rings (SSSR count). The first-order valence-electron chi connectivity index (χ1n) is 4.44. The molecule has 0 bridgehead atoms. The number of hydrogen-bond donors (Lipinski definition) is 2. The highest BCUT2D eigenvalue weighted by Crippen LogP contribution is 2.23. The highest BCUT2D eigenvalue weighted by Gasteiger charge is 2.16. The van der Waals surface area contributed by atoms with Crippen LogP contribution in [0.5, 0.6) is 5.75 Å². The number of nitrogens with zero attached hydrogens (tertiary/aromatic N) is 1. The Balaban J connectivity index is 2.92. The second-order valence-electron chi connectivity index (χ2n) is 3.29. The smallest absolute Gasteiger partial charge is 0.257 e. The molecular weight excluding hydrogens is 276 g/mol. The average Bonchev–Trinajstić information content (AvgIpc) is 2.15. The maximum atomic E-state index is 11.8. The molecule has 0 saturated heterocycles. The standard InChI is InChI=1S/C10H11BrN2O3/c1-13(5-9(12)15)10(16)7-3-2-6(11)4-8(7)14/h2-4,14H,5H2,1H3,(H2,12,15). The second kappa shape index (κ2) is 4.98. The fourth-order valence-electron chi connectivity index (χ4n) is 1.20. The minimum atomic E-state index is -0.604. The van der Waals surface area contributed by atoms with Crippen LogP contribution in [0, 0.1) is 0 Å². The van der Waals surface area contributed by atoms with E-state index in [-0.39, 0.29) is 17.9 Å². The van der Waals surface area contributed by atoms with Crippen LogP contribution in [0.15, 0.2) is 22.7 Å². The lowest BCUT2D eigenvalue weighted by Crippen LogP contribution is -2.35. The number of phenols is 1.